The minimum absolute atomic E-state index is 0.00132. The van der Waals surface area contributed by atoms with Crippen LogP contribution >= 0.6 is 11.3 Å². The number of carbonyl (C=O) groups is 2. The fourth-order valence-electron chi connectivity index (χ4n) is 4.47. The maximum absolute atomic E-state index is 13.3. The van der Waals surface area contributed by atoms with Gasteiger partial charge in [0.25, 0.3) is 5.91 Å². The molecule has 1 fully saturated rings. The van der Waals surface area contributed by atoms with E-state index in [9.17, 15) is 9.59 Å². The summed E-state index contributed by atoms with van der Waals surface area (Å²) in [6, 6.07) is 11.2. The van der Waals surface area contributed by atoms with Gasteiger partial charge in [-0.1, -0.05) is 24.3 Å². The van der Waals surface area contributed by atoms with Crippen LogP contribution in [-0.4, -0.2) is 79.9 Å². The zero-order chi connectivity index (χ0) is 21.1. The van der Waals surface area contributed by atoms with E-state index >= 15 is 0 Å². The van der Waals surface area contributed by atoms with E-state index in [1.165, 1.54) is 0 Å². The molecule has 30 heavy (non-hydrogen) atoms. The smallest absolute Gasteiger partial charge is 0.254 e. The van der Waals surface area contributed by atoms with Crippen molar-refractivity contribution < 1.29 is 9.59 Å². The first-order valence-corrected chi connectivity index (χ1v) is 11.5. The molecule has 7 heteroatoms. The number of nitrogens with one attached hydrogen (secondary N) is 1. The molecule has 2 aromatic rings. The minimum Gasteiger partial charge on any atom is -0.355 e. The molecule has 0 bridgehead atoms. The van der Waals surface area contributed by atoms with E-state index in [4.69, 9.17) is 0 Å². The van der Waals surface area contributed by atoms with Crippen molar-refractivity contribution in [2.24, 2.45) is 0 Å². The normalized spacial score (nSPS) is 22.7. The number of amides is 2. The Balaban J connectivity index is 1.46. The van der Waals surface area contributed by atoms with Gasteiger partial charge in [0.05, 0.1) is 12.0 Å². The van der Waals surface area contributed by atoms with Crippen LogP contribution in [0.3, 0.4) is 0 Å². The quantitative estimate of drug-likeness (QED) is 0.721. The first-order valence-electron chi connectivity index (χ1n) is 10.6. The molecule has 1 aromatic heterocycles. The third-order valence-corrected chi connectivity index (χ3v) is 7.19. The van der Waals surface area contributed by atoms with Crippen LogP contribution in [0.25, 0.3) is 0 Å². The van der Waals surface area contributed by atoms with Crippen molar-refractivity contribution in [3.05, 3.63) is 57.8 Å². The van der Waals surface area contributed by atoms with E-state index in [2.05, 4.69) is 22.2 Å². The van der Waals surface area contributed by atoms with Gasteiger partial charge in [-0.2, -0.15) is 0 Å². The van der Waals surface area contributed by atoms with E-state index < -0.39 is 5.92 Å². The van der Waals surface area contributed by atoms with Crippen LogP contribution in [0.5, 0.6) is 0 Å². The van der Waals surface area contributed by atoms with Gasteiger partial charge in [-0.25, -0.2) is 0 Å². The molecular formula is C23H30N4O2S. The van der Waals surface area contributed by atoms with Crippen LogP contribution in [0.4, 0.5) is 0 Å². The number of carbonyl (C=O) groups excluding carboxylic acids is 2. The average molecular weight is 427 g/mol. The SMILES string of the molecule is CN1CCN(CCCNC(=O)[C@H]2c3ccccc3C(=O)N(C)[C@@H]2c2cccs2)CC1. The lowest BCUT2D eigenvalue weighted by molar-refractivity contribution is -0.124. The predicted octanol–water partition coefficient (Wildman–Crippen LogP) is 2.41. The summed E-state index contributed by atoms with van der Waals surface area (Å²) in [7, 11) is 3.96. The van der Waals surface area contributed by atoms with E-state index in [-0.39, 0.29) is 17.9 Å². The highest BCUT2D eigenvalue weighted by atomic mass is 32.1. The molecule has 0 spiro atoms. The first-order chi connectivity index (χ1) is 14.6. The van der Waals surface area contributed by atoms with E-state index in [1.807, 2.05) is 41.8 Å². The summed E-state index contributed by atoms with van der Waals surface area (Å²) < 4.78 is 0. The molecule has 1 saturated heterocycles. The number of benzene rings is 1. The number of fused-ring (bicyclic) bond motifs is 1. The van der Waals surface area contributed by atoms with Crippen LogP contribution in [-0.2, 0) is 4.79 Å². The molecule has 0 radical (unpaired) electrons. The van der Waals surface area contributed by atoms with Crippen LogP contribution in [0, 0.1) is 0 Å². The second-order valence-corrected chi connectivity index (χ2v) is 9.21. The van der Waals surface area contributed by atoms with Crippen LogP contribution < -0.4 is 5.32 Å². The Kier molecular flexibility index (Phi) is 6.51. The second-order valence-electron chi connectivity index (χ2n) is 8.23. The van der Waals surface area contributed by atoms with Gasteiger partial charge in [0.1, 0.15) is 0 Å². The van der Waals surface area contributed by atoms with Crippen molar-refractivity contribution in [3.63, 3.8) is 0 Å². The lowest BCUT2D eigenvalue weighted by Gasteiger charge is -2.39. The fourth-order valence-corrected chi connectivity index (χ4v) is 5.37. The van der Waals surface area contributed by atoms with Crippen molar-refractivity contribution >= 4 is 23.2 Å². The van der Waals surface area contributed by atoms with E-state index in [1.54, 1.807) is 23.3 Å². The number of piperazine rings is 1. The van der Waals surface area contributed by atoms with Gasteiger partial charge in [0, 0.05) is 50.2 Å². The number of likely N-dealkylation sites (N-methyl/N-ethyl adjacent to an activating group) is 2. The molecule has 2 atom stereocenters. The highest BCUT2D eigenvalue weighted by Crippen LogP contribution is 2.43. The summed E-state index contributed by atoms with van der Waals surface area (Å²) in [6.07, 6.45) is 0.933. The van der Waals surface area contributed by atoms with Gasteiger partial charge < -0.3 is 20.0 Å². The Labute approximate surface area is 182 Å². The number of thiophene rings is 1. The Morgan fingerprint density at radius 3 is 2.60 bits per heavy atom. The number of hydrogen-bond acceptors (Lipinski definition) is 5. The monoisotopic (exact) mass is 426 g/mol. The zero-order valence-electron chi connectivity index (χ0n) is 17.7. The molecule has 6 nitrogen and oxygen atoms in total. The number of rotatable bonds is 6. The molecular weight excluding hydrogens is 396 g/mol. The molecule has 2 amide bonds. The Bertz CT molecular complexity index is 877. The Hall–Kier alpha value is -2.22. The molecule has 2 aliphatic heterocycles. The van der Waals surface area contributed by atoms with Gasteiger partial charge in [-0.15, -0.1) is 11.3 Å². The zero-order valence-corrected chi connectivity index (χ0v) is 18.5. The van der Waals surface area contributed by atoms with Gasteiger partial charge in [0.2, 0.25) is 5.91 Å². The molecule has 1 N–H and O–H groups in total. The molecule has 4 rings (SSSR count). The highest BCUT2D eigenvalue weighted by Gasteiger charge is 2.42. The lowest BCUT2D eigenvalue weighted by atomic mass is 9.81. The minimum atomic E-state index is -0.397. The van der Waals surface area contributed by atoms with Gasteiger partial charge in [0.15, 0.2) is 0 Å². The molecule has 0 saturated carbocycles. The van der Waals surface area contributed by atoms with E-state index in [0.29, 0.717) is 12.1 Å². The molecule has 160 valence electrons. The van der Waals surface area contributed by atoms with Crippen molar-refractivity contribution in [3.8, 4) is 0 Å². The van der Waals surface area contributed by atoms with Gasteiger partial charge in [-0.3, -0.25) is 9.59 Å². The standard InChI is InChI=1S/C23H30N4O2S/c1-25-12-14-27(15-13-25)11-6-10-24-22(28)20-17-7-3-4-8-18(17)23(29)26(2)21(20)19-9-5-16-30-19/h3-5,7-9,16,20-21H,6,10-15H2,1-2H3,(H,24,28)/t20-,21+/m0/s1. The number of nitrogens with zero attached hydrogens (tertiary/aromatic N) is 3. The number of hydrogen-bond donors (Lipinski definition) is 1. The summed E-state index contributed by atoms with van der Waals surface area (Å²) in [4.78, 5) is 33.9. The fraction of sp³-hybridized carbons (Fsp3) is 0.478. The molecule has 1 aromatic carbocycles. The summed E-state index contributed by atoms with van der Waals surface area (Å²) in [6.45, 7) is 6.05. The molecule has 0 aliphatic carbocycles. The Morgan fingerprint density at radius 1 is 1.10 bits per heavy atom. The third-order valence-electron chi connectivity index (χ3n) is 6.24. The maximum atomic E-state index is 13.3. The molecule has 3 heterocycles. The predicted molar refractivity (Wildman–Crippen MR) is 120 cm³/mol. The lowest BCUT2D eigenvalue weighted by Crippen LogP contribution is -2.46. The van der Waals surface area contributed by atoms with Crippen LogP contribution in [0.15, 0.2) is 41.8 Å². The second kappa shape index (κ2) is 9.29. The Morgan fingerprint density at radius 2 is 1.87 bits per heavy atom. The van der Waals surface area contributed by atoms with Crippen LogP contribution in [0.2, 0.25) is 0 Å². The van der Waals surface area contributed by atoms with Gasteiger partial charge in [-0.05, 0) is 43.1 Å². The summed E-state index contributed by atoms with van der Waals surface area (Å²) >= 11 is 1.59. The van der Waals surface area contributed by atoms with Crippen molar-refractivity contribution in [2.45, 2.75) is 18.4 Å². The average Bonchev–Trinajstić information content (AvgIpc) is 3.29. The van der Waals surface area contributed by atoms with Crippen molar-refractivity contribution in [2.75, 3.05) is 53.4 Å². The third kappa shape index (κ3) is 4.29. The van der Waals surface area contributed by atoms with Crippen LogP contribution in [0.1, 0.15) is 39.2 Å². The summed E-state index contributed by atoms with van der Waals surface area (Å²) in [5.74, 6) is -0.423. The topological polar surface area (TPSA) is 55.9 Å². The van der Waals surface area contributed by atoms with Crippen molar-refractivity contribution in [1.29, 1.82) is 0 Å². The molecule has 2 aliphatic rings. The largest absolute Gasteiger partial charge is 0.355 e. The van der Waals surface area contributed by atoms with Gasteiger partial charge >= 0.3 is 0 Å². The maximum Gasteiger partial charge on any atom is 0.254 e. The summed E-state index contributed by atoms with van der Waals surface area (Å²) in [5, 5.41) is 5.16. The highest BCUT2D eigenvalue weighted by molar-refractivity contribution is 7.10. The summed E-state index contributed by atoms with van der Waals surface area (Å²) in [5.41, 5.74) is 1.46. The van der Waals surface area contributed by atoms with Crippen molar-refractivity contribution in [1.82, 2.24) is 20.0 Å². The van der Waals surface area contributed by atoms with E-state index in [0.717, 1.165) is 49.6 Å². The molecule has 0 unspecified atom stereocenters. The first kappa shape index (κ1) is 21.0.